The highest BCUT2D eigenvalue weighted by molar-refractivity contribution is 8.18. The van der Waals surface area contributed by atoms with Gasteiger partial charge in [-0.1, -0.05) is 54.6 Å². The van der Waals surface area contributed by atoms with E-state index in [1.165, 1.54) is 17.3 Å². The number of esters is 1. The van der Waals surface area contributed by atoms with Gasteiger partial charge >= 0.3 is 5.97 Å². The number of hydrogen-bond donors (Lipinski definition) is 0. The van der Waals surface area contributed by atoms with Gasteiger partial charge in [-0.25, -0.2) is 0 Å². The number of rotatable bonds is 4. The summed E-state index contributed by atoms with van der Waals surface area (Å²) < 4.78 is 5.12. The van der Waals surface area contributed by atoms with Gasteiger partial charge in [-0.3, -0.25) is 9.59 Å². The molecule has 6 heteroatoms. The van der Waals surface area contributed by atoms with E-state index in [1.54, 1.807) is 0 Å². The van der Waals surface area contributed by atoms with Crippen LogP contribution in [0.3, 0.4) is 0 Å². The number of nitrogens with zero attached hydrogens (tertiary/aromatic N) is 2. The predicted molar refractivity (Wildman–Crippen MR) is 121 cm³/mol. The van der Waals surface area contributed by atoms with Gasteiger partial charge in [0.2, 0.25) is 0 Å². The van der Waals surface area contributed by atoms with Gasteiger partial charge in [0.15, 0.2) is 5.17 Å². The number of benzene rings is 2. The molecule has 0 unspecified atom stereocenters. The van der Waals surface area contributed by atoms with E-state index in [2.05, 4.69) is 34.2 Å². The second-order valence-corrected chi connectivity index (χ2v) is 8.32. The molecule has 2 aliphatic heterocycles. The Morgan fingerprint density at radius 2 is 1.77 bits per heavy atom. The van der Waals surface area contributed by atoms with Crippen molar-refractivity contribution in [3.05, 3.63) is 65.1 Å². The molecule has 2 aromatic carbocycles. The monoisotopic (exact) mass is 420 g/mol. The van der Waals surface area contributed by atoms with Crippen LogP contribution in [0.2, 0.25) is 0 Å². The number of amidine groups is 1. The number of hydrogen-bond acceptors (Lipinski definition) is 5. The molecule has 0 saturated carbocycles. The Hall–Kier alpha value is -2.86. The van der Waals surface area contributed by atoms with Gasteiger partial charge in [-0.2, -0.15) is 4.99 Å². The molecule has 1 fully saturated rings. The Labute approximate surface area is 180 Å². The molecule has 1 saturated heterocycles. The summed E-state index contributed by atoms with van der Waals surface area (Å²) in [5, 5.41) is 0.731. The van der Waals surface area contributed by atoms with Gasteiger partial charge in [0.05, 0.1) is 17.4 Å². The van der Waals surface area contributed by atoms with E-state index in [-0.39, 0.29) is 17.8 Å². The number of piperidine rings is 1. The van der Waals surface area contributed by atoms with Crippen LogP contribution in [0.15, 0.2) is 64.5 Å². The smallest absolute Gasteiger partial charge is 0.309 e. The molecule has 0 N–H and O–H groups in total. The molecule has 5 nitrogen and oxygen atoms in total. The summed E-state index contributed by atoms with van der Waals surface area (Å²) >= 11 is 1.41. The number of ether oxygens (including phenoxy) is 1. The third kappa shape index (κ3) is 4.65. The first-order valence-electron chi connectivity index (χ1n) is 10.2. The standard InChI is InChI=1S/C24H24N2O3S/c1-2-29-23(28)20-12-14-26(15-13-20)24-25-22(27)21(30-24)16-17-8-10-19(11-9-17)18-6-4-3-5-7-18/h3-11,16,20H,2,12-15H2,1H3/b21-16-. The average molecular weight is 421 g/mol. The number of amides is 1. The average Bonchev–Trinajstić information content (AvgIpc) is 3.15. The SMILES string of the molecule is CCOC(=O)C1CCN(C2=NC(=O)/C(=C/c3ccc(-c4ccccc4)cc3)S2)CC1. The van der Waals surface area contributed by atoms with Crippen LogP contribution in [-0.2, 0) is 14.3 Å². The van der Waals surface area contributed by atoms with Crippen molar-refractivity contribution in [3.8, 4) is 11.1 Å². The van der Waals surface area contributed by atoms with E-state index in [9.17, 15) is 9.59 Å². The molecule has 0 radical (unpaired) electrons. The van der Waals surface area contributed by atoms with Gasteiger partial charge in [-0.15, -0.1) is 0 Å². The van der Waals surface area contributed by atoms with Gasteiger partial charge in [-0.05, 0) is 54.3 Å². The summed E-state index contributed by atoms with van der Waals surface area (Å²) in [7, 11) is 0. The second kappa shape index (κ2) is 9.30. The van der Waals surface area contributed by atoms with Crippen LogP contribution in [0, 0.1) is 5.92 Å². The summed E-state index contributed by atoms with van der Waals surface area (Å²) in [6.07, 6.45) is 3.35. The molecule has 0 bridgehead atoms. The molecule has 1 amide bonds. The van der Waals surface area contributed by atoms with Crippen LogP contribution < -0.4 is 0 Å². The minimum Gasteiger partial charge on any atom is -0.466 e. The fourth-order valence-corrected chi connectivity index (χ4v) is 4.62. The lowest BCUT2D eigenvalue weighted by molar-refractivity contribution is -0.149. The Balaban J connectivity index is 1.38. The number of thioether (sulfide) groups is 1. The lowest BCUT2D eigenvalue weighted by Crippen LogP contribution is -2.39. The highest BCUT2D eigenvalue weighted by Crippen LogP contribution is 2.32. The molecular weight excluding hydrogens is 396 g/mol. The van der Waals surface area contributed by atoms with E-state index in [4.69, 9.17) is 4.74 Å². The molecule has 2 aromatic rings. The zero-order chi connectivity index (χ0) is 20.9. The van der Waals surface area contributed by atoms with E-state index in [0.717, 1.165) is 29.1 Å². The van der Waals surface area contributed by atoms with Crippen molar-refractivity contribution in [2.24, 2.45) is 10.9 Å². The van der Waals surface area contributed by atoms with Crippen molar-refractivity contribution in [1.29, 1.82) is 0 Å². The Morgan fingerprint density at radius 1 is 1.10 bits per heavy atom. The van der Waals surface area contributed by atoms with Crippen LogP contribution in [0.1, 0.15) is 25.3 Å². The lowest BCUT2D eigenvalue weighted by atomic mass is 9.97. The Bertz CT molecular complexity index is 975. The van der Waals surface area contributed by atoms with Crippen LogP contribution >= 0.6 is 11.8 Å². The Kier molecular flexibility index (Phi) is 6.33. The molecule has 0 atom stereocenters. The summed E-state index contributed by atoms with van der Waals surface area (Å²) in [4.78, 5) is 31.3. The van der Waals surface area contributed by atoms with Crippen LogP contribution in [-0.4, -0.2) is 41.6 Å². The first kappa shape index (κ1) is 20.4. The van der Waals surface area contributed by atoms with Gasteiger partial charge < -0.3 is 9.64 Å². The van der Waals surface area contributed by atoms with Crippen LogP contribution in [0.25, 0.3) is 17.2 Å². The first-order valence-corrected chi connectivity index (χ1v) is 11.1. The van der Waals surface area contributed by atoms with E-state index >= 15 is 0 Å². The maximum Gasteiger partial charge on any atom is 0.309 e. The predicted octanol–water partition coefficient (Wildman–Crippen LogP) is 4.60. The normalized spacial score (nSPS) is 18.6. The van der Waals surface area contributed by atoms with E-state index in [1.807, 2.05) is 43.3 Å². The van der Waals surface area contributed by atoms with E-state index < -0.39 is 0 Å². The summed E-state index contributed by atoms with van der Waals surface area (Å²) in [6, 6.07) is 18.4. The van der Waals surface area contributed by atoms with Crippen molar-refractivity contribution >= 4 is 34.9 Å². The number of aliphatic imine (C=N–C) groups is 1. The zero-order valence-electron chi connectivity index (χ0n) is 16.9. The number of carbonyl (C=O) groups is 2. The second-order valence-electron chi connectivity index (χ2n) is 7.31. The minimum atomic E-state index is -0.199. The molecule has 154 valence electrons. The highest BCUT2D eigenvalue weighted by atomic mass is 32.2. The Morgan fingerprint density at radius 3 is 2.43 bits per heavy atom. The molecule has 2 heterocycles. The lowest BCUT2D eigenvalue weighted by Gasteiger charge is -2.31. The highest BCUT2D eigenvalue weighted by Gasteiger charge is 2.31. The maximum absolute atomic E-state index is 12.4. The van der Waals surface area contributed by atoms with Crippen molar-refractivity contribution in [3.63, 3.8) is 0 Å². The summed E-state index contributed by atoms with van der Waals surface area (Å²) in [5.41, 5.74) is 3.28. The van der Waals surface area contributed by atoms with Crippen LogP contribution in [0.4, 0.5) is 0 Å². The molecule has 0 aromatic heterocycles. The van der Waals surface area contributed by atoms with Crippen LogP contribution in [0.5, 0.6) is 0 Å². The molecular formula is C24H24N2O3S. The minimum absolute atomic E-state index is 0.0537. The molecule has 0 aliphatic carbocycles. The molecule has 2 aliphatic rings. The van der Waals surface area contributed by atoms with Crippen molar-refractivity contribution in [2.45, 2.75) is 19.8 Å². The largest absolute Gasteiger partial charge is 0.466 e. The summed E-state index contributed by atoms with van der Waals surface area (Å²) in [6.45, 7) is 3.66. The third-order valence-corrected chi connectivity index (χ3v) is 6.35. The van der Waals surface area contributed by atoms with Crippen molar-refractivity contribution in [1.82, 2.24) is 4.90 Å². The summed E-state index contributed by atoms with van der Waals surface area (Å²) in [5.74, 6) is -0.370. The molecule has 4 rings (SSSR count). The first-order chi connectivity index (χ1) is 14.6. The number of likely N-dealkylation sites (tertiary alicyclic amines) is 1. The van der Waals surface area contributed by atoms with Gasteiger partial charge in [0, 0.05) is 13.1 Å². The zero-order valence-corrected chi connectivity index (χ0v) is 17.7. The van der Waals surface area contributed by atoms with E-state index in [0.29, 0.717) is 24.6 Å². The maximum atomic E-state index is 12.4. The van der Waals surface area contributed by atoms with Crippen molar-refractivity contribution in [2.75, 3.05) is 19.7 Å². The molecule has 30 heavy (non-hydrogen) atoms. The topological polar surface area (TPSA) is 59.0 Å². The van der Waals surface area contributed by atoms with Gasteiger partial charge in [0.1, 0.15) is 0 Å². The molecule has 0 spiro atoms. The number of carbonyl (C=O) groups excluding carboxylic acids is 2. The van der Waals surface area contributed by atoms with Crippen molar-refractivity contribution < 1.29 is 14.3 Å². The fraction of sp³-hybridized carbons (Fsp3) is 0.292. The fourth-order valence-electron chi connectivity index (χ4n) is 3.65. The van der Waals surface area contributed by atoms with Gasteiger partial charge in [0.25, 0.3) is 5.91 Å². The quantitative estimate of drug-likeness (QED) is 0.534. The third-order valence-electron chi connectivity index (χ3n) is 5.31.